The first-order valence-electron chi connectivity index (χ1n) is 12.5. The van der Waals surface area contributed by atoms with Crippen molar-refractivity contribution in [3.63, 3.8) is 0 Å². The number of aromatic nitrogens is 5. The molecule has 212 valence electrons. The summed E-state index contributed by atoms with van der Waals surface area (Å²) >= 11 is 0. The third-order valence-electron chi connectivity index (χ3n) is 6.09. The largest absolute Gasteiger partial charge is 0.463 e. The molecule has 1 N–H and O–H groups in total. The SMILES string of the molecule is CC(=O)OC[C@H]1O[C@@H](n2c(N=Nc3ccc4ncccc4c3)nc3c(=O)[nH]c(C)nc32)C(OC(C)=O)C1OC(C)=O. The third kappa shape index (κ3) is 5.79. The van der Waals surface area contributed by atoms with Gasteiger partial charge in [-0.3, -0.25) is 28.7 Å². The Bertz CT molecular complexity index is 1750. The second-order valence-electron chi connectivity index (χ2n) is 9.20. The van der Waals surface area contributed by atoms with Gasteiger partial charge in [-0.25, -0.2) is 9.97 Å². The third-order valence-corrected chi connectivity index (χ3v) is 6.09. The number of azo groups is 1. The molecule has 0 aliphatic carbocycles. The molecule has 4 heterocycles. The highest BCUT2D eigenvalue weighted by molar-refractivity contribution is 5.81. The standard InChI is InChI=1S/C26H25N7O8/c1-12-28-23-20(24(37)29-12)30-26(32-31-17-7-8-18-16(10-17)6-5-9-27-18)33(23)25-22(40-15(4)36)21(39-14(3)35)19(41-25)11-38-13(2)34/h5-10,19,21-22,25H,11H2,1-4H3,(H,28,29,37)/t19-,21?,22?,25-/m1/s1. The number of esters is 3. The number of ether oxygens (including phenoxy) is 4. The summed E-state index contributed by atoms with van der Waals surface area (Å²) in [7, 11) is 0. The Labute approximate surface area is 231 Å². The monoisotopic (exact) mass is 563 g/mol. The molecular weight excluding hydrogens is 538 g/mol. The number of aromatic amines is 1. The maximum Gasteiger partial charge on any atom is 0.303 e. The minimum atomic E-state index is -1.25. The van der Waals surface area contributed by atoms with Crippen LogP contribution in [0.2, 0.25) is 0 Å². The maximum atomic E-state index is 12.8. The van der Waals surface area contributed by atoms with Crippen LogP contribution in [0.4, 0.5) is 11.6 Å². The van der Waals surface area contributed by atoms with Gasteiger partial charge in [0, 0.05) is 32.4 Å². The first-order valence-corrected chi connectivity index (χ1v) is 12.5. The number of rotatable bonds is 7. The van der Waals surface area contributed by atoms with Crippen LogP contribution in [0.15, 0.2) is 51.6 Å². The van der Waals surface area contributed by atoms with E-state index in [1.54, 1.807) is 37.4 Å². The van der Waals surface area contributed by atoms with Gasteiger partial charge in [-0.2, -0.15) is 0 Å². The Kier molecular flexibility index (Phi) is 7.52. The highest BCUT2D eigenvalue weighted by atomic mass is 16.7. The van der Waals surface area contributed by atoms with Crippen molar-refractivity contribution < 1.29 is 33.3 Å². The molecular formula is C26H25N7O8. The van der Waals surface area contributed by atoms with E-state index in [2.05, 4.69) is 30.2 Å². The minimum Gasteiger partial charge on any atom is -0.463 e. The summed E-state index contributed by atoms with van der Waals surface area (Å²) in [4.78, 5) is 64.1. The number of hydrogen-bond donors (Lipinski definition) is 1. The van der Waals surface area contributed by atoms with Crippen molar-refractivity contribution in [2.24, 2.45) is 10.2 Å². The highest BCUT2D eigenvalue weighted by Gasteiger charge is 2.51. The Morgan fingerprint density at radius 3 is 2.51 bits per heavy atom. The number of carbonyl (C=O) groups is 3. The van der Waals surface area contributed by atoms with Crippen LogP contribution in [0.5, 0.6) is 0 Å². The summed E-state index contributed by atoms with van der Waals surface area (Å²) in [6.45, 7) is 4.82. The summed E-state index contributed by atoms with van der Waals surface area (Å²) in [5.41, 5.74) is 0.666. The summed E-state index contributed by atoms with van der Waals surface area (Å²) in [5.74, 6) is -1.82. The van der Waals surface area contributed by atoms with Crippen molar-refractivity contribution in [1.82, 2.24) is 24.5 Å². The molecule has 1 fully saturated rings. The number of carbonyl (C=O) groups excluding carboxylic acids is 3. The van der Waals surface area contributed by atoms with Crippen molar-refractivity contribution >= 4 is 51.6 Å². The van der Waals surface area contributed by atoms with Crippen LogP contribution in [0.1, 0.15) is 32.8 Å². The van der Waals surface area contributed by atoms with Gasteiger partial charge in [-0.1, -0.05) is 6.07 Å². The number of benzene rings is 1. The first kappa shape index (κ1) is 27.5. The van der Waals surface area contributed by atoms with Gasteiger partial charge < -0.3 is 23.9 Å². The molecule has 0 bridgehead atoms. The number of nitrogens with zero attached hydrogens (tertiary/aromatic N) is 6. The van der Waals surface area contributed by atoms with Gasteiger partial charge in [0.2, 0.25) is 0 Å². The number of imidazole rings is 1. The van der Waals surface area contributed by atoms with Gasteiger partial charge in [0.1, 0.15) is 18.5 Å². The number of H-pyrrole nitrogens is 1. The first-order chi connectivity index (χ1) is 19.6. The fourth-order valence-electron chi connectivity index (χ4n) is 4.52. The van der Waals surface area contributed by atoms with Crippen LogP contribution < -0.4 is 5.56 Å². The molecule has 41 heavy (non-hydrogen) atoms. The average Bonchev–Trinajstić information content (AvgIpc) is 3.43. The lowest BCUT2D eigenvalue weighted by molar-refractivity contribution is -0.166. The number of pyridine rings is 1. The van der Waals surface area contributed by atoms with Crippen molar-refractivity contribution in [1.29, 1.82) is 0 Å². The molecule has 5 rings (SSSR count). The second-order valence-corrected chi connectivity index (χ2v) is 9.20. The van der Waals surface area contributed by atoms with Gasteiger partial charge in [0.15, 0.2) is 29.6 Å². The van der Waals surface area contributed by atoms with Crippen molar-refractivity contribution in [3.05, 3.63) is 52.7 Å². The number of aryl methyl sites for hydroxylation is 1. The van der Waals surface area contributed by atoms with Crippen LogP contribution in [-0.4, -0.2) is 67.3 Å². The topological polar surface area (TPSA) is 189 Å². The number of fused-ring (bicyclic) bond motifs is 2. The predicted octanol–water partition coefficient (Wildman–Crippen LogP) is 2.72. The van der Waals surface area contributed by atoms with Crippen LogP contribution in [0.3, 0.4) is 0 Å². The normalized spacial score (nSPS) is 20.5. The zero-order valence-corrected chi connectivity index (χ0v) is 22.4. The van der Waals surface area contributed by atoms with E-state index >= 15 is 0 Å². The van der Waals surface area contributed by atoms with E-state index < -0.39 is 48.0 Å². The predicted molar refractivity (Wildman–Crippen MR) is 140 cm³/mol. The van der Waals surface area contributed by atoms with Crippen LogP contribution >= 0.6 is 0 Å². The van der Waals surface area contributed by atoms with Gasteiger partial charge in [-0.05, 0) is 31.2 Å². The molecule has 4 atom stereocenters. The van der Waals surface area contributed by atoms with Crippen LogP contribution in [-0.2, 0) is 33.3 Å². The summed E-state index contributed by atoms with van der Waals surface area (Å²) in [6.07, 6.45) is -3.06. The molecule has 0 amide bonds. The van der Waals surface area contributed by atoms with E-state index in [1.165, 1.54) is 25.3 Å². The van der Waals surface area contributed by atoms with E-state index in [1.807, 2.05) is 6.07 Å². The Morgan fingerprint density at radius 2 is 1.78 bits per heavy atom. The highest BCUT2D eigenvalue weighted by Crippen LogP contribution is 2.38. The van der Waals surface area contributed by atoms with Crippen molar-refractivity contribution in [2.75, 3.05) is 6.61 Å². The summed E-state index contributed by atoms with van der Waals surface area (Å²) in [6, 6.07) is 8.93. The van der Waals surface area contributed by atoms with Gasteiger partial charge in [-0.15, -0.1) is 10.2 Å². The molecule has 4 aromatic rings. The summed E-state index contributed by atoms with van der Waals surface area (Å²) < 4.78 is 23.6. The van der Waals surface area contributed by atoms with Gasteiger partial charge in [0.05, 0.1) is 11.2 Å². The molecule has 3 aromatic heterocycles. The van der Waals surface area contributed by atoms with Gasteiger partial charge >= 0.3 is 17.9 Å². The van der Waals surface area contributed by atoms with Crippen molar-refractivity contribution in [3.8, 4) is 0 Å². The maximum absolute atomic E-state index is 12.8. The summed E-state index contributed by atoms with van der Waals surface area (Å²) in [5, 5.41) is 9.41. The molecule has 1 aromatic carbocycles. The number of hydrogen-bond acceptors (Lipinski definition) is 13. The lowest BCUT2D eigenvalue weighted by Gasteiger charge is -2.24. The van der Waals surface area contributed by atoms with E-state index in [-0.39, 0.29) is 29.5 Å². The molecule has 1 saturated heterocycles. The Hall–Kier alpha value is -5.05. The molecule has 2 unspecified atom stereocenters. The van der Waals surface area contributed by atoms with E-state index in [9.17, 15) is 19.2 Å². The lowest BCUT2D eigenvalue weighted by Crippen LogP contribution is -2.40. The fourth-order valence-corrected chi connectivity index (χ4v) is 4.52. The van der Waals surface area contributed by atoms with Crippen molar-refractivity contribution in [2.45, 2.75) is 52.2 Å². The Morgan fingerprint density at radius 1 is 1.02 bits per heavy atom. The minimum absolute atomic E-state index is 0.0553. The van der Waals surface area contributed by atoms with Gasteiger partial charge in [0.25, 0.3) is 11.5 Å². The second kappa shape index (κ2) is 11.2. The fraction of sp³-hybridized carbons (Fsp3) is 0.346. The number of nitrogens with one attached hydrogen (secondary N) is 1. The van der Waals surface area contributed by atoms with E-state index in [0.717, 1.165) is 10.9 Å². The molecule has 0 saturated carbocycles. The Balaban J connectivity index is 1.64. The molecule has 15 nitrogen and oxygen atoms in total. The zero-order chi connectivity index (χ0) is 29.3. The molecule has 1 aliphatic heterocycles. The smallest absolute Gasteiger partial charge is 0.303 e. The zero-order valence-electron chi connectivity index (χ0n) is 22.4. The van der Waals surface area contributed by atoms with Crippen LogP contribution in [0.25, 0.3) is 22.1 Å². The van der Waals surface area contributed by atoms with Crippen LogP contribution in [0, 0.1) is 6.92 Å². The molecule has 15 heteroatoms. The average molecular weight is 564 g/mol. The molecule has 0 radical (unpaired) electrons. The molecule has 0 spiro atoms. The molecule has 1 aliphatic rings. The lowest BCUT2D eigenvalue weighted by atomic mass is 10.1. The quantitative estimate of drug-likeness (QED) is 0.198. The van der Waals surface area contributed by atoms with E-state index in [0.29, 0.717) is 5.69 Å². The van der Waals surface area contributed by atoms with E-state index in [4.69, 9.17) is 18.9 Å².